The minimum atomic E-state index is 0.848. The number of hydrogen-bond donors (Lipinski definition) is 0. The molecule has 0 radical (unpaired) electrons. The van der Waals surface area contributed by atoms with Crippen LogP contribution in [-0.2, 0) is 12.8 Å². The van der Waals surface area contributed by atoms with Crippen LogP contribution in [0.2, 0.25) is 0 Å². The zero-order valence-electron chi connectivity index (χ0n) is 17.4. The fraction of sp³-hybridized carbons (Fsp3) is 0.0667. The summed E-state index contributed by atoms with van der Waals surface area (Å²) in [5, 5.41) is 0. The molecule has 0 aliphatic carbocycles. The van der Waals surface area contributed by atoms with Gasteiger partial charge in [-0.3, -0.25) is 0 Å². The molecular weight excluding hydrogens is 376 g/mol. The maximum atomic E-state index is 6.66. The predicted octanol–water partition coefficient (Wildman–Crippen LogP) is 8.07. The summed E-state index contributed by atoms with van der Waals surface area (Å²) in [7, 11) is 0. The molecule has 1 heteroatoms. The average Bonchev–Trinajstić information content (AvgIpc) is 3.24. The first kappa shape index (κ1) is 19.1. The maximum absolute atomic E-state index is 6.66. The molecule has 1 aromatic heterocycles. The number of benzene rings is 4. The van der Waals surface area contributed by atoms with Gasteiger partial charge < -0.3 is 4.42 Å². The van der Waals surface area contributed by atoms with Crippen molar-refractivity contribution in [2.75, 3.05) is 0 Å². The van der Waals surface area contributed by atoms with Crippen LogP contribution >= 0.6 is 0 Å². The molecule has 0 spiro atoms. The smallest absolute Gasteiger partial charge is 0.142 e. The van der Waals surface area contributed by atoms with Gasteiger partial charge in [0.15, 0.2) is 0 Å². The lowest BCUT2D eigenvalue weighted by molar-refractivity contribution is 0.523. The van der Waals surface area contributed by atoms with Gasteiger partial charge in [0.1, 0.15) is 11.5 Å². The normalized spacial score (nSPS) is 10.8. The third-order valence-corrected chi connectivity index (χ3v) is 5.63. The average molecular weight is 401 g/mol. The summed E-state index contributed by atoms with van der Waals surface area (Å²) >= 11 is 0. The van der Waals surface area contributed by atoms with Crippen LogP contribution in [0.3, 0.4) is 0 Å². The molecule has 5 rings (SSSR count). The van der Waals surface area contributed by atoms with Crippen molar-refractivity contribution in [2.45, 2.75) is 12.8 Å². The number of furan rings is 1. The quantitative estimate of drug-likeness (QED) is 0.281. The lowest BCUT2D eigenvalue weighted by Gasteiger charge is -2.08. The third kappa shape index (κ3) is 4.08. The Hall–Kier alpha value is -3.84. The fourth-order valence-corrected chi connectivity index (χ4v) is 4.14. The highest BCUT2D eigenvalue weighted by atomic mass is 16.3. The van der Waals surface area contributed by atoms with Crippen molar-refractivity contribution in [2.24, 2.45) is 0 Å². The molecule has 0 saturated heterocycles. The highest BCUT2D eigenvalue weighted by Gasteiger charge is 2.23. The Morgan fingerprint density at radius 3 is 1.42 bits per heavy atom. The summed E-state index contributed by atoms with van der Waals surface area (Å²) in [6.45, 7) is 0. The SMILES string of the molecule is c1ccc(CCc2oc(-c3ccccc3)c(-c3ccccc3)c2-c2ccccc2)cc1. The van der Waals surface area contributed by atoms with E-state index in [1.807, 2.05) is 6.07 Å². The summed E-state index contributed by atoms with van der Waals surface area (Å²) in [6, 6.07) is 42.3. The summed E-state index contributed by atoms with van der Waals surface area (Å²) in [4.78, 5) is 0. The van der Waals surface area contributed by atoms with E-state index in [1.165, 1.54) is 27.8 Å². The fourth-order valence-electron chi connectivity index (χ4n) is 4.14. The molecule has 0 atom stereocenters. The summed E-state index contributed by atoms with van der Waals surface area (Å²) < 4.78 is 6.66. The topological polar surface area (TPSA) is 13.1 Å². The van der Waals surface area contributed by atoms with E-state index in [-0.39, 0.29) is 0 Å². The van der Waals surface area contributed by atoms with Gasteiger partial charge in [-0.15, -0.1) is 0 Å². The molecule has 150 valence electrons. The van der Waals surface area contributed by atoms with Crippen LogP contribution in [0.4, 0.5) is 0 Å². The Kier molecular flexibility index (Phi) is 5.49. The molecule has 0 unspecified atom stereocenters. The second kappa shape index (κ2) is 8.89. The lowest BCUT2D eigenvalue weighted by Crippen LogP contribution is -1.92. The van der Waals surface area contributed by atoms with Gasteiger partial charge in [-0.05, 0) is 23.1 Å². The minimum absolute atomic E-state index is 0.848. The Morgan fingerprint density at radius 2 is 0.871 bits per heavy atom. The van der Waals surface area contributed by atoms with E-state index in [0.29, 0.717) is 0 Å². The van der Waals surface area contributed by atoms with E-state index >= 15 is 0 Å². The molecule has 0 aliphatic rings. The van der Waals surface area contributed by atoms with Gasteiger partial charge in [0.2, 0.25) is 0 Å². The highest BCUT2D eigenvalue weighted by molar-refractivity contribution is 5.93. The van der Waals surface area contributed by atoms with Crippen LogP contribution in [0.5, 0.6) is 0 Å². The van der Waals surface area contributed by atoms with Crippen LogP contribution in [0, 0.1) is 0 Å². The van der Waals surface area contributed by atoms with Crippen LogP contribution in [-0.4, -0.2) is 0 Å². The molecule has 0 amide bonds. The molecule has 1 nitrogen and oxygen atoms in total. The first-order valence-electron chi connectivity index (χ1n) is 10.8. The van der Waals surface area contributed by atoms with Gasteiger partial charge in [-0.2, -0.15) is 0 Å². The molecule has 5 aromatic rings. The predicted molar refractivity (Wildman–Crippen MR) is 129 cm³/mol. The largest absolute Gasteiger partial charge is 0.460 e. The molecule has 0 saturated carbocycles. The molecule has 31 heavy (non-hydrogen) atoms. The summed E-state index contributed by atoms with van der Waals surface area (Å²) in [5.74, 6) is 1.97. The third-order valence-electron chi connectivity index (χ3n) is 5.63. The Balaban J connectivity index is 1.71. The highest BCUT2D eigenvalue weighted by Crippen LogP contribution is 2.44. The minimum Gasteiger partial charge on any atom is -0.460 e. The van der Waals surface area contributed by atoms with Crippen molar-refractivity contribution in [3.63, 3.8) is 0 Å². The van der Waals surface area contributed by atoms with E-state index in [2.05, 4.69) is 115 Å². The van der Waals surface area contributed by atoms with E-state index in [9.17, 15) is 0 Å². The van der Waals surface area contributed by atoms with Crippen molar-refractivity contribution < 1.29 is 4.42 Å². The Bertz CT molecular complexity index is 1240. The second-order valence-corrected chi connectivity index (χ2v) is 7.69. The van der Waals surface area contributed by atoms with E-state index in [4.69, 9.17) is 4.42 Å². The van der Waals surface area contributed by atoms with Gasteiger partial charge in [0.25, 0.3) is 0 Å². The number of rotatable bonds is 6. The molecule has 0 aliphatic heterocycles. The summed E-state index contributed by atoms with van der Waals surface area (Å²) in [6.07, 6.45) is 1.79. The van der Waals surface area contributed by atoms with Crippen LogP contribution in [0.25, 0.3) is 33.6 Å². The molecule has 1 heterocycles. The van der Waals surface area contributed by atoms with Crippen molar-refractivity contribution >= 4 is 0 Å². The van der Waals surface area contributed by atoms with Gasteiger partial charge in [0.05, 0.1) is 0 Å². The second-order valence-electron chi connectivity index (χ2n) is 7.69. The standard InChI is InChI=1S/C30H24O/c1-5-13-23(14-6-1)21-22-27-28(24-15-7-2-8-16-24)29(25-17-9-3-10-18-25)30(31-27)26-19-11-4-12-20-26/h1-20H,21-22H2. The van der Waals surface area contributed by atoms with Crippen molar-refractivity contribution in [3.05, 3.63) is 133 Å². The van der Waals surface area contributed by atoms with Crippen LogP contribution < -0.4 is 0 Å². The maximum Gasteiger partial charge on any atom is 0.142 e. The van der Waals surface area contributed by atoms with Crippen LogP contribution in [0.15, 0.2) is 126 Å². The van der Waals surface area contributed by atoms with Crippen molar-refractivity contribution in [1.29, 1.82) is 0 Å². The Labute approximate surface area is 183 Å². The molecular formula is C30H24O. The van der Waals surface area contributed by atoms with Crippen LogP contribution in [0.1, 0.15) is 11.3 Å². The Morgan fingerprint density at radius 1 is 0.419 bits per heavy atom. The van der Waals surface area contributed by atoms with E-state index in [0.717, 1.165) is 29.9 Å². The monoisotopic (exact) mass is 400 g/mol. The van der Waals surface area contributed by atoms with Gasteiger partial charge in [-0.1, -0.05) is 121 Å². The lowest BCUT2D eigenvalue weighted by atomic mass is 9.92. The first-order chi connectivity index (χ1) is 15.4. The number of aryl methyl sites for hydroxylation is 2. The van der Waals surface area contributed by atoms with Gasteiger partial charge in [0, 0.05) is 23.1 Å². The zero-order valence-corrected chi connectivity index (χ0v) is 17.4. The van der Waals surface area contributed by atoms with Crippen molar-refractivity contribution in [1.82, 2.24) is 0 Å². The van der Waals surface area contributed by atoms with E-state index in [1.54, 1.807) is 0 Å². The molecule has 0 N–H and O–H groups in total. The summed E-state index contributed by atoms with van der Waals surface area (Å²) in [5.41, 5.74) is 7.15. The molecule has 0 fully saturated rings. The van der Waals surface area contributed by atoms with Crippen molar-refractivity contribution in [3.8, 4) is 33.6 Å². The zero-order chi connectivity index (χ0) is 20.9. The molecule has 4 aromatic carbocycles. The molecule has 0 bridgehead atoms. The van der Waals surface area contributed by atoms with E-state index < -0.39 is 0 Å². The van der Waals surface area contributed by atoms with Gasteiger partial charge in [-0.25, -0.2) is 0 Å². The first-order valence-corrected chi connectivity index (χ1v) is 10.8. The van der Waals surface area contributed by atoms with Gasteiger partial charge >= 0.3 is 0 Å². The number of hydrogen-bond acceptors (Lipinski definition) is 1.